The van der Waals surface area contributed by atoms with E-state index >= 15 is 0 Å². The average Bonchev–Trinajstić information content (AvgIpc) is 3.39. The quantitative estimate of drug-likeness (QED) is 0.262. The maximum atomic E-state index is 4.70. The Labute approximate surface area is 182 Å². The number of hydrogen-bond donors (Lipinski definition) is 2. The van der Waals surface area contributed by atoms with E-state index in [4.69, 9.17) is 4.99 Å². The van der Waals surface area contributed by atoms with Crippen LogP contribution in [0.1, 0.15) is 25.0 Å². The van der Waals surface area contributed by atoms with Crippen molar-refractivity contribution in [3.8, 4) is 5.69 Å². The second kappa shape index (κ2) is 9.88. The highest BCUT2D eigenvalue weighted by atomic mass is 15.3. The van der Waals surface area contributed by atoms with Crippen molar-refractivity contribution >= 4 is 17.0 Å². The molecule has 8 heteroatoms. The Bertz CT molecular complexity index is 1140. The number of imidazole rings is 1. The molecule has 0 spiro atoms. The molecule has 0 radical (unpaired) electrons. The summed E-state index contributed by atoms with van der Waals surface area (Å²) in [6, 6.07) is 18.3. The molecule has 0 aliphatic heterocycles. The Morgan fingerprint density at radius 2 is 1.84 bits per heavy atom. The van der Waals surface area contributed by atoms with Crippen molar-refractivity contribution in [3.05, 3.63) is 72.6 Å². The number of hydrogen-bond acceptors (Lipinski definition) is 4. The zero-order valence-electron chi connectivity index (χ0n) is 18.0. The third kappa shape index (κ3) is 4.91. The summed E-state index contributed by atoms with van der Waals surface area (Å²) in [4.78, 5) is 9.33. The minimum Gasteiger partial charge on any atom is -0.357 e. The summed E-state index contributed by atoms with van der Waals surface area (Å²) in [5.74, 6) is 2.61. The van der Waals surface area contributed by atoms with Gasteiger partial charge in [-0.05, 0) is 44.5 Å². The van der Waals surface area contributed by atoms with Crippen molar-refractivity contribution < 1.29 is 0 Å². The van der Waals surface area contributed by atoms with Gasteiger partial charge in [-0.1, -0.05) is 30.3 Å². The van der Waals surface area contributed by atoms with E-state index in [1.807, 2.05) is 41.0 Å². The number of rotatable bonds is 8. The standard InChI is InChI=1S/C23H28N8/c1-3-24-23(26-16-22-29-27-17-31(22)19-10-5-4-6-11-19)25-14-9-15-30-18(2)28-20-12-7-8-13-21(20)30/h4-8,10-13,17H,3,9,14-16H2,1-2H3,(H2,24,25,26). The van der Waals surface area contributed by atoms with E-state index in [-0.39, 0.29) is 0 Å². The lowest BCUT2D eigenvalue weighted by Gasteiger charge is -2.12. The molecule has 0 fully saturated rings. The fourth-order valence-corrected chi connectivity index (χ4v) is 3.58. The largest absolute Gasteiger partial charge is 0.357 e. The lowest BCUT2D eigenvalue weighted by Crippen LogP contribution is -2.38. The molecule has 0 saturated heterocycles. The number of nitrogens with one attached hydrogen (secondary N) is 2. The number of para-hydroxylation sites is 3. The van der Waals surface area contributed by atoms with Crippen LogP contribution in [0.3, 0.4) is 0 Å². The van der Waals surface area contributed by atoms with Crippen molar-refractivity contribution in [2.75, 3.05) is 13.1 Å². The number of nitrogens with zero attached hydrogens (tertiary/aromatic N) is 6. The maximum Gasteiger partial charge on any atom is 0.191 e. The van der Waals surface area contributed by atoms with Crippen molar-refractivity contribution in [1.82, 2.24) is 34.9 Å². The summed E-state index contributed by atoms with van der Waals surface area (Å²) in [7, 11) is 0. The van der Waals surface area contributed by atoms with Crippen LogP contribution in [0.2, 0.25) is 0 Å². The van der Waals surface area contributed by atoms with Gasteiger partial charge in [0.15, 0.2) is 11.8 Å². The molecule has 8 nitrogen and oxygen atoms in total. The molecule has 4 rings (SSSR count). The van der Waals surface area contributed by atoms with Gasteiger partial charge >= 0.3 is 0 Å². The molecule has 2 N–H and O–H groups in total. The number of guanidine groups is 1. The summed E-state index contributed by atoms with van der Waals surface area (Å²) < 4.78 is 4.23. The SMILES string of the molecule is CCNC(=NCc1nncn1-c1ccccc1)NCCCn1c(C)nc2ccccc21. The number of aromatic nitrogens is 5. The molecule has 2 heterocycles. The first-order valence-corrected chi connectivity index (χ1v) is 10.6. The smallest absolute Gasteiger partial charge is 0.191 e. The van der Waals surface area contributed by atoms with Gasteiger partial charge in [-0.3, -0.25) is 4.57 Å². The van der Waals surface area contributed by atoms with Gasteiger partial charge in [0.25, 0.3) is 0 Å². The number of benzene rings is 2. The van der Waals surface area contributed by atoms with E-state index in [2.05, 4.69) is 62.4 Å². The van der Waals surface area contributed by atoms with Crippen LogP contribution in [-0.4, -0.2) is 43.4 Å². The molecule has 0 bridgehead atoms. The Morgan fingerprint density at radius 1 is 1.03 bits per heavy atom. The molecular formula is C23H28N8. The first kappa shape index (κ1) is 20.6. The van der Waals surface area contributed by atoms with Crippen LogP contribution < -0.4 is 10.6 Å². The Hall–Kier alpha value is -3.68. The summed E-state index contributed by atoms with van der Waals surface area (Å²) in [5, 5.41) is 15.0. The number of aliphatic imine (C=N–C) groups is 1. The zero-order chi connectivity index (χ0) is 21.5. The third-order valence-corrected chi connectivity index (χ3v) is 5.07. The minimum atomic E-state index is 0.440. The Kier molecular flexibility index (Phi) is 6.56. The van der Waals surface area contributed by atoms with E-state index < -0.39 is 0 Å². The number of aryl methyl sites for hydroxylation is 2. The van der Waals surface area contributed by atoms with Crippen LogP contribution >= 0.6 is 0 Å². The monoisotopic (exact) mass is 416 g/mol. The van der Waals surface area contributed by atoms with Crippen LogP contribution in [0.5, 0.6) is 0 Å². The van der Waals surface area contributed by atoms with Crippen LogP contribution in [0.15, 0.2) is 65.9 Å². The molecule has 160 valence electrons. The molecule has 4 aromatic rings. The molecule has 0 amide bonds. The molecule has 31 heavy (non-hydrogen) atoms. The molecule has 0 saturated carbocycles. The highest BCUT2D eigenvalue weighted by molar-refractivity contribution is 5.79. The van der Waals surface area contributed by atoms with Crippen LogP contribution in [0.25, 0.3) is 16.7 Å². The molecular weight excluding hydrogens is 388 g/mol. The lowest BCUT2D eigenvalue weighted by atomic mass is 10.3. The molecule has 2 aromatic heterocycles. The predicted octanol–water partition coefficient (Wildman–Crippen LogP) is 3.07. The van der Waals surface area contributed by atoms with Crippen LogP contribution in [0, 0.1) is 6.92 Å². The highest BCUT2D eigenvalue weighted by Crippen LogP contribution is 2.15. The van der Waals surface area contributed by atoms with Gasteiger partial charge in [0.1, 0.15) is 18.7 Å². The van der Waals surface area contributed by atoms with Crippen molar-refractivity contribution in [2.45, 2.75) is 33.4 Å². The highest BCUT2D eigenvalue weighted by Gasteiger charge is 2.08. The van der Waals surface area contributed by atoms with Crippen molar-refractivity contribution in [2.24, 2.45) is 4.99 Å². The summed E-state index contributed by atoms with van der Waals surface area (Å²) in [6.45, 7) is 7.06. The van der Waals surface area contributed by atoms with Gasteiger partial charge in [-0.2, -0.15) is 0 Å². The van der Waals surface area contributed by atoms with Crippen LogP contribution in [-0.2, 0) is 13.1 Å². The van der Waals surface area contributed by atoms with E-state index in [0.717, 1.165) is 54.9 Å². The van der Waals surface area contributed by atoms with E-state index in [0.29, 0.717) is 6.54 Å². The van der Waals surface area contributed by atoms with Crippen molar-refractivity contribution in [1.29, 1.82) is 0 Å². The summed E-state index contributed by atoms with van der Waals surface area (Å²) in [5.41, 5.74) is 3.25. The van der Waals surface area contributed by atoms with Gasteiger partial charge in [0.05, 0.1) is 11.0 Å². The van der Waals surface area contributed by atoms with Gasteiger partial charge in [-0.15, -0.1) is 10.2 Å². The van der Waals surface area contributed by atoms with Gasteiger partial charge in [-0.25, -0.2) is 9.98 Å². The normalized spacial score (nSPS) is 11.7. The Balaban J connectivity index is 1.36. The second-order valence-corrected chi connectivity index (χ2v) is 7.23. The minimum absolute atomic E-state index is 0.440. The fourth-order valence-electron chi connectivity index (χ4n) is 3.58. The molecule has 0 aliphatic rings. The molecule has 0 atom stereocenters. The molecule has 0 unspecified atom stereocenters. The summed E-state index contributed by atoms with van der Waals surface area (Å²) in [6.07, 6.45) is 2.68. The topological polar surface area (TPSA) is 85.0 Å². The predicted molar refractivity (Wildman–Crippen MR) is 123 cm³/mol. The third-order valence-electron chi connectivity index (χ3n) is 5.07. The average molecular weight is 417 g/mol. The molecule has 2 aromatic carbocycles. The van der Waals surface area contributed by atoms with E-state index in [1.165, 1.54) is 5.52 Å². The second-order valence-electron chi connectivity index (χ2n) is 7.23. The molecule has 0 aliphatic carbocycles. The number of fused-ring (bicyclic) bond motifs is 1. The van der Waals surface area contributed by atoms with Crippen molar-refractivity contribution in [3.63, 3.8) is 0 Å². The maximum absolute atomic E-state index is 4.70. The van der Waals surface area contributed by atoms with E-state index in [9.17, 15) is 0 Å². The van der Waals surface area contributed by atoms with Gasteiger partial charge < -0.3 is 15.2 Å². The van der Waals surface area contributed by atoms with Gasteiger partial charge in [0, 0.05) is 25.3 Å². The summed E-state index contributed by atoms with van der Waals surface area (Å²) >= 11 is 0. The van der Waals surface area contributed by atoms with Gasteiger partial charge in [0.2, 0.25) is 0 Å². The van der Waals surface area contributed by atoms with E-state index in [1.54, 1.807) is 6.33 Å². The van der Waals surface area contributed by atoms with Crippen LogP contribution in [0.4, 0.5) is 0 Å². The first-order valence-electron chi connectivity index (χ1n) is 10.6. The lowest BCUT2D eigenvalue weighted by molar-refractivity contribution is 0.624. The zero-order valence-corrected chi connectivity index (χ0v) is 18.0. The fraction of sp³-hybridized carbons (Fsp3) is 0.304. The first-order chi connectivity index (χ1) is 15.3. The Morgan fingerprint density at radius 3 is 2.68 bits per heavy atom.